The second kappa shape index (κ2) is 4.45. The molecular weight excluding hydrogens is 226 g/mol. The molecular formula is C15H11NO2. The Morgan fingerprint density at radius 1 is 0.889 bits per heavy atom. The van der Waals surface area contributed by atoms with E-state index in [1.807, 2.05) is 60.7 Å². The fourth-order valence-corrected chi connectivity index (χ4v) is 1.90. The van der Waals surface area contributed by atoms with Crippen molar-refractivity contribution in [2.75, 3.05) is 0 Å². The van der Waals surface area contributed by atoms with Gasteiger partial charge in [-0.3, -0.25) is 0 Å². The van der Waals surface area contributed by atoms with E-state index >= 15 is 0 Å². The number of benzene rings is 2. The van der Waals surface area contributed by atoms with E-state index in [9.17, 15) is 4.79 Å². The van der Waals surface area contributed by atoms with Gasteiger partial charge in [0.2, 0.25) is 6.23 Å². The third-order valence-electron chi connectivity index (χ3n) is 2.79. The Bertz CT molecular complexity index is 590. The number of cyclic esters (lactones) is 1. The van der Waals surface area contributed by atoms with Crippen molar-refractivity contribution in [1.82, 2.24) is 0 Å². The van der Waals surface area contributed by atoms with Crippen molar-refractivity contribution in [3.05, 3.63) is 71.8 Å². The van der Waals surface area contributed by atoms with E-state index in [1.165, 1.54) is 0 Å². The van der Waals surface area contributed by atoms with Crippen LogP contribution in [-0.4, -0.2) is 11.7 Å². The van der Waals surface area contributed by atoms with E-state index in [-0.39, 0.29) is 5.97 Å². The van der Waals surface area contributed by atoms with Crippen LogP contribution in [0.25, 0.3) is 0 Å². The number of hydrogen-bond acceptors (Lipinski definition) is 3. The van der Waals surface area contributed by atoms with Gasteiger partial charge < -0.3 is 4.74 Å². The summed E-state index contributed by atoms with van der Waals surface area (Å²) in [6, 6.07) is 18.9. The van der Waals surface area contributed by atoms with Gasteiger partial charge in [0.25, 0.3) is 0 Å². The van der Waals surface area contributed by atoms with Gasteiger partial charge in [0.1, 0.15) is 0 Å². The van der Waals surface area contributed by atoms with Gasteiger partial charge in [0, 0.05) is 11.1 Å². The Labute approximate surface area is 105 Å². The lowest BCUT2D eigenvalue weighted by Gasteiger charge is -2.05. The van der Waals surface area contributed by atoms with Crippen LogP contribution in [0.5, 0.6) is 0 Å². The van der Waals surface area contributed by atoms with Crippen LogP contribution >= 0.6 is 0 Å². The molecule has 88 valence electrons. The highest BCUT2D eigenvalue weighted by atomic mass is 16.6. The number of nitrogens with zero attached hydrogens (tertiary/aromatic N) is 1. The first kappa shape index (κ1) is 10.7. The molecule has 1 aliphatic rings. The van der Waals surface area contributed by atoms with Crippen molar-refractivity contribution in [3.8, 4) is 0 Å². The third kappa shape index (κ3) is 1.91. The molecule has 1 heterocycles. The molecule has 0 aliphatic carbocycles. The van der Waals surface area contributed by atoms with Gasteiger partial charge in [0.15, 0.2) is 5.71 Å². The standard InChI is InChI=1S/C15H11NO2/c17-15-13(11-7-3-1-4-8-11)16-14(18-15)12-9-5-2-6-10-12/h1-10,14H. The summed E-state index contributed by atoms with van der Waals surface area (Å²) in [6.07, 6.45) is -0.520. The van der Waals surface area contributed by atoms with Crippen LogP contribution in [0, 0.1) is 0 Å². The average molecular weight is 237 g/mol. The van der Waals surface area contributed by atoms with Crippen LogP contribution in [-0.2, 0) is 9.53 Å². The minimum Gasteiger partial charge on any atom is -0.431 e. The lowest BCUT2D eigenvalue weighted by atomic mass is 10.1. The number of hydrogen-bond donors (Lipinski definition) is 0. The summed E-state index contributed by atoms with van der Waals surface area (Å²) in [6.45, 7) is 0. The molecule has 0 saturated heterocycles. The maximum Gasteiger partial charge on any atom is 0.359 e. The van der Waals surface area contributed by atoms with Crippen LogP contribution in [0.1, 0.15) is 17.4 Å². The minimum atomic E-state index is -0.520. The molecule has 2 aromatic rings. The van der Waals surface area contributed by atoms with E-state index in [0.29, 0.717) is 5.71 Å². The van der Waals surface area contributed by atoms with Crippen molar-refractivity contribution >= 4 is 11.7 Å². The van der Waals surface area contributed by atoms with E-state index in [4.69, 9.17) is 4.74 Å². The maximum atomic E-state index is 11.8. The Balaban J connectivity index is 1.95. The SMILES string of the molecule is O=C1OC(c2ccccc2)N=C1c1ccccc1. The number of carbonyl (C=O) groups excluding carboxylic acids is 1. The fraction of sp³-hybridized carbons (Fsp3) is 0.0667. The molecule has 3 heteroatoms. The molecule has 0 N–H and O–H groups in total. The topological polar surface area (TPSA) is 38.7 Å². The molecule has 3 nitrogen and oxygen atoms in total. The number of carbonyl (C=O) groups is 1. The van der Waals surface area contributed by atoms with Crippen molar-refractivity contribution < 1.29 is 9.53 Å². The molecule has 0 saturated carbocycles. The zero-order valence-corrected chi connectivity index (χ0v) is 9.61. The van der Waals surface area contributed by atoms with Crippen LogP contribution in [0.3, 0.4) is 0 Å². The predicted molar refractivity (Wildman–Crippen MR) is 68.3 cm³/mol. The van der Waals surface area contributed by atoms with Crippen LogP contribution in [0.15, 0.2) is 65.7 Å². The van der Waals surface area contributed by atoms with Gasteiger partial charge in [-0.25, -0.2) is 9.79 Å². The molecule has 1 aliphatic heterocycles. The Morgan fingerprint density at radius 3 is 2.17 bits per heavy atom. The summed E-state index contributed by atoms with van der Waals surface area (Å²) < 4.78 is 5.27. The average Bonchev–Trinajstić information content (AvgIpc) is 2.83. The van der Waals surface area contributed by atoms with Crippen molar-refractivity contribution in [2.45, 2.75) is 6.23 Å². The normalized spacial score (nSPS) is 18.3. The fourth-order valence-electron chi connectivity index (χ4n) is 1.90. The highest BCUT2D eigenvalue weighted by molar-refractivity contribution is 6.44. The van der Waals surface area contributed by atoms with Crippen molar-refractivity contribution in [1.29, 1.82) is 0 Å². The predicted octanol–water partition coefficient (Wildman–Crippen LogP) is 2.73. The van der Waals surface area contributed by atoms with Crippen LogP contribution in [0.4, 0.5) is 0 Å². The van der Waals surface area contributed by atoms with Crippen LogP contribution < -0.4 is 0 Å². The summed E-state index contributed by atoms with van der Waals surface area (Å²) >= 11 is 0. The monoisotopic (exact) mass is 237 g/mol. The molecule has 1 unspecified atom stereocenters. The highest BCUT2D eigenvalue weighted by Crippen LogP contribution is 2.26. The zero-order valence-electron chi connectivity index (χ0n) is 9.61. The molecule has 2 aromatic carbocycles. The van der Waals surface area contributed by atoms with E-state index < -0.39 is 6.23 Å². The number of aliphatic imine (C=N–C) groups is 1. The minimum absolute atomic E-state index is 0.366. The summed E-state index contributed by atoms with van der Waals surface area (Å²) in [4.78, 5) is 16.2. The third-order valence-corrected chi connectivity index (χ3v) is 2.79. The van der Waals surface area contributed by atoms with E-state index in [0.717, 1.165) is 11.1 Å². The summed E-state index contributed by atoms with van der Waals surface area (Å²) in [5.41, 5.74) is 2.07. The molecule has 0 bridgehead atoms. The highest BCUT2D eigenvalue weighted by Gasteiger charge is 2.29. The molecule has 0 aromatic heterocycles. The molecule has 1 atom stereocenters. The first-order chi connectivity index (χ1) is 8.84. The number of ether oxygens (including phenoxy) is 1. The Morgan fingerprint density at radius 2 is 1.50 bits per heavy atom. The Kier molecular flexibility index (Phi) is 2.65. The second-order valence-electron chi connectivity index (χ2n) is 4.01. The van der Waals surface area contributed by atoms with Gasteiger partial charge in [0.05, 0.1) is 0 Å². The summed E-state index contributed by atoms with van der Waals surface area (Å²) in [5, 5.41) is 0. The summed E-state index contributed by atoms with van der Waals surface area (Å²) in [7, 11) is 0. The smallest absolute Gasteiger partial charge is 0.359 e. The lowest BCUT2D eigenvalue weighted by molar-refractivity contribution is -0.137. The molecule has 0 fully saturated rings. The number of esters is 1. The Hall–Kier alpha value is -2.42. The maximum absolute atomic E-state index is 11.8. The number of rotatable bonds is 2. The molecule has 0 amide bonds. The van der Waals surface area contributed by atoms with Gasteiger partial charge in [-0.05, 0) is 0 Å². The molecule has 0 spiro atoms. The quantitative estimate of drug-likeness (QED) is 0.753. The van der Waals surface area contributed by atoms with Gasteiger partial charge in [-0.1, -0.05) is 60.7 Å². The van der Waals surface area contributed by atoms with Gasteiger partial charge in [-0.15, -0.1) is 0 Å². The van der Waals surface area contributed by atoms with Crippen molar-refractivity contribution in [2.24, 2.45) is 4.99 Å². The van der Waals surface area contributed by atoms with Gasteiger partial charge >= 0.3 is 5.97 Å². The van der Waals surface area contributed by atoms with Gasteiger partial charge in [-0.2, -0.15) is 0 Å². The first-order valence-corrected chi connectivity index (χ1v) is 5.74. The van der Waals surface area contributed by atoms with E-state index in [2.05, 4.69) is 4.99 Å². The van der Waals surface area contributed by atoms with Crippen LogP contribution in [0.2, 0.25) is 0 Å². The first-order valence-electron chi connectivity index (χ1n) is 5.74. The molecule has 0 radical (unpaired) electrons. The summed E-state index contributed by atoms with van der Waals surface area (Å²) in [5.74, 6) is -0.366. The molecule has 3 rings (SSSR count). The van der Waals surface area contributed by atoms with Crippen molar-refractivity contribution in [3.63, 3.8) is 0 Å². The second-order valence-corrected chi connectivity index (χ2v) is 4.01. The molecule has 18 heavy (non-hydrogen) atoms. The zero-order chi connectivity index (χ0) is 12.4. The van der Waals surface area contributed by atoms with E-state index in [1.54, 1.807) is 0 Å². The lowest BCUT2D eigenvalue weighted by Crippen LogP contribution is -2.11. The largest absolute Gasteiger partial charge is 0.431 e.